The van der Waals surface area contributed by atoms with Crippen molar-refractivity contribution in [1.29, 1.82) is 0 Å². The fourth-order valence-electron chi connectivity index (χ4n) is 1.67. The smallest absolute Gasteiger partial charge is 0.267 e. The molecule has 1 aromatic heterocycles. The van der Waals surface area contributed by atoms with Gasteiger partial charge >= 0.3 is 0 Å². The number of likely N-dealkylation sites (N-methyl/N-ethyl adjacent to an activating group) is 1. The summed E-state index contributed by atoms with van der Waals surface area (Å²) in [5.74, 6) is 0. The zero-order chi connectivity index (χ0) is 12.3. The van der Waals surface area contributed by atoms with Gasteiger partial charge in [-0.3, -0.25) is 14.6 Å². The summed E-state index contributed by atoms with van der Waals surface area (Å²) in [6, 6.07) is 11.5. The van der Waals surface area contributed by atoms with Crippen LogP contribution in [0.3, 0.4) is 0 Å². The first-order valence-corrected chi connectivity index (χ1v) is 5.67. The molecule has 17 heavy (non-hydrogen) atoms. The maximum absolute atomic E-state index is 11.7. The number of hydrogen-bond acceptors (Lipinski definition) is 2. The molecule has 0 amide bonds. The highest BCUT2D eigenvalue weighted by Gasteiger charge is 2.04. The van der Waals surface area contributed by atoms with Crippen molar-refractivity contribution in [1.82, 2.24) is 14.7 Å². The number of aromatic amines is 1. The predicted molar refractivity (Wildman–Crippen MR) is 69.0 cm³/mol. The lowest BCUT2D eigenvalue weighted by molar-refractivity contribution is 0.370. The molecule has 4 nitrogen and oxygen atoms in total. The second-order valence-corrected chi connectivity index (χ2v) is 4.33. The van der Waals surface area contributed by atoms with Crippen molar-refractivity contribution in [2.45, 2.75) is 6.54 Å². The second kappa shape index (κ2) is 5.01. The van der Waals surface area contributed by atoms with Crippen LogP contribution in [0.5, 0.6) is 0 Å². The van der Waals surface area contributed by atoms with Crippen LogP contribution in [-0.4, -0.2) is 35.3 Å². The Morgan fingerprint density at radius 3 is 2.59 bits per heavy atom. The van der Waals surface area contributed by atoms with E-state index < -0.39 is 0 Å². The molecule has 1 aromatic carbocycles. The van der Waals surface area contributed by atoms with E-state index in [9.17, 15) is 4.79 Å². The van der Waals surface area contributed by atoms with Gasteiger partial charge in [0, 0.05) is 12.6 Å². The summed E-state index contributed by atoms with van der Waals surface area (Å²) in [4.78, 5) is 13.8. The first kappa shape index (κ1) is 11.7. The van der Waals surface area contributed by atoms with Crippen LogP contribution in [-0.2, 0) is 6.54 Å². The molecule has 0 aliphatic carbocycles. The van der Waals surface area contributed by atoms with Gasteiger partial charge in [0.05, 0.1) is 12.2 Å². The van der Waals surface area contributed by atoms with E-state index in [1.165, 1.54) is 0 Å². The fourth-order valence-corrected chi connectivity index (χ4v) is 1.67. The average Bonchev–Trinajstić information content (AvgIpc) is 2.69. The van der Waals surface area contributed by atoms with Gasteiger partial charge in [-0.15, -0.1) is 0 Å². The Labute approximate surface area is 100 Å². The van der Waals surface area contributed by atoms with E-state index in [4.69, 9.17) is 0 Å². The molecule has 1 N–H and O–H groups in total. The molecule has 0 unspecified atom stereocenters. The number of benzene rings is 1. The van der Waals surface area contributed by atoms with E-state index in [1.807, 2.05) is 44.4 Å². The molecule has 4 heteroatoms. The average molecular weight is 231 g/mol. The number of rotatable bonds is 4. The second-order valence-electron chi connectivity index (χ2n) is 4.33. The third kappa shape index (κ3) is 2.85. The van der Waals surface area contributed by atoms with Gasteiger partial charge in [0.15, 0.2) is 0 Å². The molecule has 1 heterocycles. The maximum Gasteiger partial charge on any atom is 0.267 e. The Bertz CT molecular complexity index is 525. The number of nitrogens with zero attached hydrogens (tertiary/aromatic N) is 2. The molecule has 0 bridgehead atoms. The van der Waals surface area contributed by atoms with Gasteiger partial charge in [-0.25, -0.2) is 0 Å². The highest BCUT2D eigenvalue weighted by molar-refractivity contribution is 5.57. The Morgan fingerprint density at radius 1 is 1.24 bits per heavy atom. The van der Waals surface area contributed by atoms with Crippen molar-refractivity contribution >= 4 is 0 Å². The first-order valence-electron chi connectivity index (χ1n) is 5.67. The molecule has 0 atom stereocenters. The van der Waals surface area contributed by atoms with Crippen molar-refractivity contribution in [2.75, 3.05) is 20.6 Å². The highest BCUT2D eigenvalue weighted by Crippen LogP contribution is 2.13. The first-order chi connectivity index (χ1) is 8.16. The van der Waals surface area contributed by atoms with Gasteiger partial charge in [0.25, 0.3) is 5.56 Å². The zero-order valence-electron chi connectivity index (χ0n) is 10.2. The van der Waals surface area contributed by atoms with Gasteiger partial charge in [0.1, 0.15) is 0 Å². The Hall–Kier alpha value is -1.81. The molecular weight excluding hydrogens is 214 g/mol. The molecule has 2 rings (SSSR count). The van der Waals surface area contributed by atoms with E-state index in [2.05, 4.69) is 10.00 Å². The molecule has 0 radical (unpaired) electrons. The van der Waals surface area contributed by atoms with E-state index in [0.29, 0.717) is 6.54 Å². The van der Waals surface area contributed by atoms with Crippen molar-refractivity contribution in [3.05, 3.63) is 46.8 Å². The van der Waals surface area contributed by atoms with Crippen LogP contribution < -0.4 is 5.56 Å². The molecule has 0 saturated heterocycles. The molecule has 0 spiro atoms. The lowest BCUT2D eigenvalue weighted by Gasteiger charge is -2.09. The topological polar surface area (TPSA) is 41.0 Å². The third-order valence-electron chi connectivity index (χ3n) is 2.64. The van der Waals surface area contributed by atoms with Crippen LogP contribution >= 0.6 is 0 Å². The largest absolute Gasteiger partial charge is 0.308 e. The summed E-state index contributed by atoms with van der Waals surface area (Å²) in [5.41, 5.74) is 1.92. The monoisotopic (exact) mass is 231 g/mol. The molecule has 0 aliphatic heterocycles. The highest BCUT2D eigenvalue weighted by atomic mass is 16.1. The van der Waals surface area contributed by atoms with Crippen molar-refractivity contribution in [3.8, 4) is 11.3 Å². The van der Waals surface area contributed by atoms with Crippen LogP contribution in [0.2, 0.25) is 0 Å². The molecule has 90 valence electrons. The van der Waals surface area contributed by atoms with E-state index in [0.717, 1.165) is 17.8 Å². The lowest BCUT2D eigenvalue weighted by atomic mass is 10.2. The van der Waals surface area contributed by atoms with E-state index in [-0.39, 0.29) is 5.56 Å². The summed E-state index contributed by atoms with van der Waals surface area (Å²) in [7, 11) is 3.98. The van der Waals surface area contributed by atoms with Crippen LogP contribution in [0.1, 0.15) is 0 Å². The van der Waals surface area contributed by atoms with Crippen LogP contribution in [0.4, 0.5) is 0 Å². The van der Waals surface area contributed by atoms with Crippen molar-refractivity contribution < 1.29 is 0 Å². The summed E-state index contributed by atoms with van der Waals surface area (Å²) in [5, 5.41) is 3.13. The van der Waals surface area contributed by atoms with Crippen molar-refractivity contribution in [2.24, 2.45) is 0 Å². The molecule has 0 saturated carbocycles. The molecule has 2 aromatic rings. The minimum absolute atomic E-state index is 0.0192. The number of hydrogen-bond donors (Lipinski definition) is 1. The number of nitrogens with one attached hydrogen (secondary N) is 1. The summed E-state index contributed by atoms with van der Waals surface area (Å²) in [6.07, 6.45) is 0. The van der Waals surface area contributed by atoms with Crippen LogP contribution in [0.25, 0.3) is 11.3 Å². The maximum atomic E-state index is 11.7. The van der Waals surface area contributed by atoms with Gasteiger partial charge in [0.2, 0.25) is 0 Å². The third-order valence-corrected chi connectivity index (χ3v) is 2.64. The standard InChI is InChI=1S/C13H17N3O/c1-15(2)8-9-16-13(17)10-12(14-16)11-6-4-3-5-7-11/h3-7,10,14H,8-9H2,1-2H3. The van der Waals surface area contributed by atoms with Gasteiger partial charge in [-0.2, -0.15) is 0 Å². The van der Waals surface area contributed by atoms with Crippen molar-refractivity contribution in [3.63, 3.8) is 0 Å². The van der Waals surface area contributed by atoms with Crippen LogP contribution in [0, 0.1) is 0 Å². The lowest BCUT2D eigenvalue weighted by Crippen LogP contribution is -2.24. The van der Waals surface area contributed by atoms with E-state index in [1.54, 1.807) is 10.7 Å². The zero-order valence-corrected chi connectivity index (χ0v) is 10.2. The van der Waals surface area contributed by atoms with Gasteiger partial charge in [-0.1, -0.05) is 30.3 Å². The van der Waals surface area contributed by atoms with Gasteiger partial charge in [-0.05, 0) is 19.7 Å². The normalized spacial score (nSPS) is 11.0. The number of aromatic nitrogens is 2. The molecule has 0 fully saturated rings. The Morgan fingerprint density at radius 2 is 1.94 bits per heavy atom. The summed E-state index contributed by atoms with van der Waals surface area (Å²) >= 11 is 0. The minimum Gasteiger partial charge on any atom is -0.308 e. The SMILES string of the molecule is CN(C)CCn1[nH]c(-c2ccccc2)cc1=O. The summed E-state index contributed by atoms with van der Waals surface area (Å²) in [6.45, 7) is 1.52. The van der Waals surface area contributed by atoms with Gasteiger partial charge < -0.3 is 4.90 Å². The van der Waals surface area contributed by atoms with Crippen LogP contribution in [0.15, 0.2) is 41.2 Å². The molecule has 0 aliphatic rings. The molecular formula is C13H17N3O. The quantitative estimate of drug-likeness (QED) is 0.864. The predicted octanol–water partition coefficient (Wildman–Crippen LogP) is 1.41. The Kier molecular flexibility index (Phi) is 3.44. The minimum atomic E-state index is 0.0192. The number of H-pyrrole nitrogens is 1. The summed E-state index contributed by atoms with van der Waals surface area (Å²) < 4.78 is 1.64. The Balaban J connectivity index is 2.22. The van der Waals surface area contributed by atoms with E-state index >= 15 is 0 Å². The fraction of sp³-hybridized carbons (Fsp3) is 0.308.